The number of rotatable bonds is 4. The van der Waals surface area contributed by atoms with E-state index >= 15 is 0 Å². The molecule has 1 amide bonds. The Balaban J connectivity index is 4.49. The zero-order chi connectivity index (χ0) is 11.4. The third kappa shape index (κ3) is 4.56. The van der Waals surface area contributed by atoms with Crippen molar-refractivity contribution >= 4 is 23.1 Å². The van der Waals surface area contributed by atoms with Gasteiger partial charge in [-0.3, -0.25) is 4.79 Å². The second kappa shape index (κ2) is 5.29. The first-order chi connectivity index (χ1) is 6.29. The van der Waals surface area contributed by atoms with Crippen LogP contribution in [0.25, 0.3) is 0 Å². The highest BCUT2D eigenvalue weighted by molar-refractivity contribution is 7.80. The summed E-state index contributed by atoms with van der Waals surface area (Å²) in [7, 11) is 0. The number of amides is 1. The monoisotopic (exact) mass is 216 g/mol. The highest BCUT2D eigenvalue weighted by Gasteiger charge is 2.26. The molecule has 0 spiro atoms. The third-order valence-electron chi connectivity index (χ3n) is 1.77. The Morgan fingerprint density at radius 2 is 1.93 bits per heavy atom. The van der Waals surface area contributed by atoms with Gasteiger partial charge in [-0.25, -0.2) is 0 Å². The Bertz CT molecular complexity index is 221. The first kappa shape index (κ1) is 13.4. The molecule has 82 valence electrons. The third-order valence-corrected chi connectivity index (χ3v) is 1.90. The minimum absolute atomic E-state index is 0.104. The SMILES string of the molecule is CCCN(CC(N)=S)C(=O)C(C)(C)C. The van der Waals surface area contributed by atoms with Crippen LogP contribution in [0.1, 0.15) is 34.1 Å². The maximum atomic E-state index is 11.9. The lowest BCUT2D eigenvalue weighted by atomic mass is 9.94. The second-order valence-electron chi connectivity index (χ2n) is 4.44. The normalized spacial score (nSPS) is 11.1. The van der Waals surface area contributed by atoms with E-state index in [9.17, 15) is 4.79 Å². The summed E-state index contributed by atoms with van der Waals surface area (Å²) in [6.45, 7) is 8.84. The Hall–Kier alpha value is -0.640. The molecule has 0 aromatic carbocycles. The molecule has 0 aromatic rings. The van der Waals surface area contributed by atoms with Gasteiger partial charge in [-0.05, 0) is 6.42 Å². The summed E-state index contributed by atoms with van der Waals surface area (Å²) in [5.41, 5.74) is 5.08. The zero-order valence-electron chi connectivity index (χ0n) is 9.46. The van der Waals surface area contributed by atoms with Gasteiger partial charge < -0.3 is 10.6 Å². The molecule has 0 radical (unpaired) electrons. The lowest BCUT2D eigenvalue weighted by Gasteiger charge is -2.28. The quantitative estimate of drug-likeness (QED) is 0.725. The molecule has 0 saturated carbocycles. The van der Waals surface area contributed by atoms with Crippen molar-refractivity contribution in [3.05, 3.63) is 0 Å². The molecule has 14 heavy (non-hydrogen) atoms. The Kier molecular flexibility index (Phi) is 5.05. The maximum absolute atomic E-state index is 11.9. The van der Waals surface area contributed by atoms with Crippen LogP contribution in [0.3, 0.4) is 0 Å². The van der Waals surface area contributed by atoms with Crippen molar-refractivity contribution in [3.8, 4) is 0 Å². The fourth-order valence-corrected chi connectivity index (χ4v) is 1.34. The summed E-state index contributed by atoms with van der Waals surface area (Å²) in [6.07, 6.45) is 0.921. The van der Waals surface area contributed by atoms with Crippen molar-refractivity contribution in [2.24, 2.45) is 11.1 Å². The molecule has 2 N–H and O–H groups in total. The molecule has 0 aliphatic carbocycles. The summed E-state index contributed by atoms with van der Waals surface area (Å²) in [6, 6.07) is 0. The predicted molar refractivity (Wildman–Crippen MR) is 63.1 cm³/mol. The molecule has 0 aliphatic heterocycles. The van der Waals surface area contributed by atoms with E-state index in [1.54, 1.807) is 4.90 Å². The molecule has 0 aliphatic rings. The number of carbonyl (C=O) groups is 1. The van der Waals surface area contributed by atoms with Crippen LogP contribution in [0.2, 0.25) is 0 Å². The van der Waals surface area contributed by atoms with Gasteiger partial charge in [0.25, 0.3) is 0 Å². The number of carbonyl (C=O) groups excluding carboxylic acids is 1. The van der Waals surface area contributed by atoms with Crippen molar-refractivity contribution in [1.29, 1.82) is 0 Å². The van der Waals surface area contributed by atoms with Gasteiger partial charge in [-0.2, -0.15) is 0 Å². The van der Waals surface area contributed by atoms with Crippen molar-refractivity contribution in [2.45, 2.75) is 34.1 Å². The Morgan fingerprint density at radius 1 is 1.43 bits per heavy atom. The van der Waals surface area contributed by atoms with Crippen molar-refractivity contribution < 1.29 is 4.79 Å². The van der Waals surface area contributed by atoms with Crippen LogP contribution < -0.4 is 5.73 Å². The minimum atomic E-state index is -0.361. The topological polar surface area (TPSA) is 46.3 Å². The molecule has 0 unspecified atom stereocenters. The predicted octanol–water partition coefficient (Wildman–Crippen LogP) is 1.56. The number of hydrogen-bond donors (Lipinski definition) is 1. The van der Waals surface area contributed by atoms with Gasteiger partial charge in [0.2, 0.25) is 5.91 Å². The molecular formula is C10H20N2OS. The highest BCUT2D eigenvalue weighted by atomic mass is 32.1. The van der Waals surface area contributed by atoms with E-state index in [4.69, 9.17) is 18.0 Å². The van der Waals surface area contributed by atoms with Crippen LogP contribution in [0.15, 0.2) is 0 Å². The van der Waals surface area contributed by atoms with Crippen LogP contribution in [-0.2, 0) is 4.79 Å². The number of nitrogens with two attached hydrogens (primary N) is 1. The molecule has 0 aromatic heterocycles. The van der Waals surface area contributed by atoms with Gasteiger partial charge in [-0.15, -0.1) is 0 Å². The fourth-order valence-electron chi connectivity index (χ4n) is 1.18. The molecule has 0 bridgehead atoms. The van der Waals surface area contributed by atoms with Crippen molar-refractivity contribution in [1.82, 2.24) is 4.90 Å². The molecule has 0 heterocycles. The minimum Gasteiger partial charge on any atom is -0.392 e. The summed E-state index contributed by atoms with van der Waals surface area (Å²) >= 11 is 4.81. The van der Waals surface area contributed by atoms with Crippen LogP contribution in [0, 0.1) is 5.41 Å². The molecule has 0 saturated heterocycles. The standard InChI is InChI=1S/C10H20N2OS/c1-5-6-12(7-8(11)14)9(13)10(2,3)4/h5-7H2,1-4H3,(H2,11,14). The van der Waals surface area contributed by atoms with Gasteiger partial charge in [0.15, 0.2) is 0 Å². The number of thiocarbonyl (C=S) groups is 1. The van der Waals surface area contributed by atoms with E-state index in [2.05, 4.69) is 0 Å². The van der Waals surface area contributed by atoms with Gasteiger partial charge in [-0.1, -0.05) is 39.9 Å². The summed E-state index contributed by atoms with van der Waals surface area (Å²) in [5, 5.41) is 0. The average Bonchev–Trinajstić information content (AvgIpc) is 2.00. The summed E-state index contributed by atoms with van der Waals surface area (Å²) < 4.78 is 0. The van der Waals surface area contributed by atoms with Gasteiger partial charge in [0.1, 0.15) is 0 Å². The van der Waals surface area contributed by atoms with Crippen LogP contribution >= 0.6 is 12.2 Å². The first-order valence-corrected chi connectivity index (χ1v) is 5.27. The van der Waals surface area contributed by atoms with Crippen molar-refractivity contribution in [3.63, 3.8) is 0 Å². The summed E-state index contributed by atoms with van der Waals surface area (Å²) in [5.74, 6) is 0.104. The lowest BCUT2D eigenvalue weighted by Crippen LogP contribution is -2.43. The molecule has 3 nitrogen and oxygen atoms in total. The van der Waals surface area contributed by atoms with Crippen LogP contribution in [0.4, 0.5) is 0 Å². The Morgan fingerprint density at radius 3 is 2.21 bits per heavy atom. The zero-order valence-corrected chi connectivity index (χ0v) is 10.3. The maximum Gasteiger partial charge on any atom is 0.228 e. The van der Waals surface area contributed by atoms with E-state index < -0.39 is 0 Å². The van der Waals surface area contributed by atoms with E-state index in [1.807, 2.05) is 27.7 Å². The van der Waals surface area contributed by atoms with E-state index in [-0.39, 0.29) is 11.3 Å². The second-order valence-corrected chi connectivity index (χ2v) is 4.97. The molecular weight excluding hydrogens is 196 g/mol. The molecule has 0 rings (SSSR count). The lowest BCUT2D eigenvalue weighted by molar-refractivity contribution is -0.138. The first-order valence-electron chi connectivity index (χ1n) is 4.86. The van der Waals surface area contributed by atoms with Gasteiger partial charge >= 0.3 is 0 Å². The van der Waals surface area contributed by atoms with Gasteiger partial charge in [0.05, 0.1) is 11.5 Å². The number of nitrogens with zero attached hydrogens (tertiary/aromatic N) is 1. The molecule has 0 fully saturated rings. The summed E-state index contributed by atoms with van der Waals surface area (Å²) in [4.78, 5) is 14.0. The van der Waals surface area contributed by atoms with Crippen LogP contribution in [-0.4, -0.2) is 28.9 Å². The molecule has 0 atom stereocenters. The molecule has 4 heteroatoms. The average molecular weight is 216 g/mol. The highest BCUT2D eigenvalue weighted by Crippen LogP contribution is 2.17. The van der Waals surface area contributed by atoms with Gasteiger partial charge in [0, 0.05) is 12.0 Å². The van der Waals surface area contributed by atoms with E-state index in [1.165, 1.54) is 0 Å². The van der Waals surface area contributed by atoms with Crippen molar-refractivity contribution in [2.75, 3.05) is 13.1 Å². The smallest absolute Gasteiger partial charge is 0.228 e. The number of hydrogen-bond acceptors (Lipinski definition) is 2. The van der Waals surface area contributed by atoms with E-state index in [0.717, 1.165) is 6.42 Å². The fraction of sp³-hybridized carbons (Fsp3) is 0.800. The van der Waals surface area contributed by atoms with E-state index in [0.29, 0.717) is 18.1 Å². The Labute approximate surface area is 91.6 Å². The largest absolute Gasteiger partial charge is 0.392 e. The van der Waals surface area contributed by atoms with Crippen LogP contribution in [0.5, 0.6) is 0 Å².